The second kappa shape index (κ2) is 5.85. The number of esters is 1. The molecule has 3 aromatic rings. The van der Waals surface area contributed by atoms with Crippen molar-refractivity contribution < 1.29 is 14.3 Å². The van der Waals surface area contributed by atoms with Crippen LogP contribution in [0.4, 0.5) is 0 Å². The SMILES string of the molecule is CC(OC(=O)C(=O)c1c[nH]c2ccccc12)c1ccccc1. The Morgan fingerprint density at radius 2 is 1.68 bits per heavy atom. The van der Waals surface area contributed by atoms with E-state index in [1.807, 2.05) is 48.5 Å². The topological polar surface area (TPSA) is 59.2 Å². The van der Waals surface area contributed by atoms with Gasteiger partial charge in [-0.2, -0.15) is 0 Å². The summed E-state index contributed by atoms with van der Waals surface area (Å²) in [6.45, 7) is 1.75. The normalized spacial score (nSPS) is 12.0. The third-order valence-electron chi connectivity index (χ3n) is 3.57. The number of benzene rings is 2. The van der Waals surface area contributed by atoms with Crippen LogP contribution in [-0.4, -0.2) is 16.7 Å². The van der Waals surface area contributed by atoms with E-state index in [1.54, 1.807) is 19.2 Å². The summed E-state index contributed by atoms with van der Waals surface area (Å²) in [6, 6.07) is 16.7. The molecule has 0 spiro atoms. The van der Waals surface area contributed by atoms with Gasteiger partial charge in [0, 0.05) is 17.1 Å². The standard InChI is InChI=1S/C18H15NO3/c1-12(13-7-3-2-4-8-13)22-18(21)17(20)15-11-19-16-10-6-5-9-14(15)16/h2-12,19H,1H3. The van der Waals surface area contributed by atoms with E-state index in [9.17, 15) is 9.59 Å². The number of carbonyl (C=O) groups excluding carboxylic acids is 2. The van der Waals surface area contributed by atoms with Gasteiger partial charge in [0.1, 0.15) is 6.10 Å². The van der Waals surface area contributed by atoms with Crippen LogP contribution in [0.3, 0.4) is 0 Å². The number of ether oxygens (including phenoxy) is 1. The molecular formula is C18H15NO3. The lowest BCUT2D eigenvalue weighted by atomic mass is 10.1. The quantitative estimate of drug-likeness (QED) is 0.454. The molecule has 0 aliphatic rings. The summed E-state index contributed by atoms with van der Waals surface area (Å²) in [5, 5.41) is 0.719. The molecular weight excluding hydrogens is 278 g/mol. The molecule has 0 aliphatic carbocycles. The average molecular weight is 293 g/mol. The van der Waals surface area contributed by atoms with E-state index >= 15 is 0 Å². The first-order valence-electron chi connectivity index (χ1n) is 7.03. The molecule has 1 N–H and O–H groups in total. The second-order valence-corrected chi connectivity index (χ2v) is 5.04. The third-order valence-corrected chi connectivity index (χ3v) is 3.57. The Morgan fingerprint density at radius 1 is 1.00 bits per heavy atom. The zero-order valence-corrected chi connectivity index (χ0v) is 12.1. The highest BCUT2D eigenvalue weighted by molar-refractivity contribution is 6.43. The third kappa shape index (κ3) is 2.63. The molecule has 0 radical (unpaired) electrons. The maximum atomic E-state index is 12.3. The fraction of sp³-hybridized carbons (Fsp3) is 0.111. The number of H-pyrrole nitrogens is 1. The lowest BCUT2D eigenvalue weighted by Crippen LogP contribution is -2.19. The van der Waals surface area contributed by atoms with Gasteiger partial charge in [-0.05, 0) is 18.6 Å². The van der Waals surface area contributed by atoms with Gasteiger partial charge in [-0.25, -0.2) is 4.79 Å². The summed E-state index contributed by atoms with van der Waals surface area (Å²) < 4.78 is 5.27. The van der Waals surface area contributed by atoms with Gasteiger partial charge in [0.2, 0.25) is 0 Å². The Bertz CT molecular complexity index is 820. The van der Waals surface area contributed by atoms with E-state index in [4.69, 9.17) is 4.74 Å². The Labute approximate surface area is 127 Å². The van der Waals surface area contributed by atoms with Crippen molar-refractivity contribution in [3.8, 4) is 0 Å². The highest BCUT2D eigenvalue weighted by Crippen LogP contribution is 2.21. The molecule has 4 heteroatoms. The van der Waals surface area contributed by atoms with E-state index in [2.05, 4.69) is 4.98 Å². The summed E-state index contributed by atoms with van der Waals surface area (Å²) in [6.07, 6.45) is 1.07. The van der Waals surface area contributed by atoms with Crippen molar-refractivity contribution in [3.05, 3.63) is 71.9 Å². The van der Waals surface area contributed by atoms with Crippen molar-refractivity contribution in [2.75, 3.05) is 0 Å². The number of hydrogen-bond donors (Lipinski definition) is 1. The van der Waals surface area contributed by atoms with Crippen LogP contribution in [0.15, 0.2) is 60.8 Å². The highest BCUT2D eigenvalue weighted by Gasteiger charge is 2.23. The summed E-state index contributed by atoms with van der Waals surface area (Å²) in [4.78, 5) is 27.4. The van der Waals surface area contributed by atoms with Crippen LogP contribution < -0.4 is 0 Å². The van der Waals surface area contributed by atoms with Crippen molar-refractivity contribution in [1.29, 1.82) is 0 Å². The molecule has 0 saturated carbocycles. The van der Waals surface area contributed by atoms with Crippen molar-refractivity contribution in [3.63, 3.8) is 0 Å². The Hall–Kier alpha value is -2.88. The van der Waals surface area contributed by atoms with Gasteiger partial charge < -0.3 is 9.72 Å². The van der Waals surface area contributed by atoms with E-state index < -0.39 is 17.9 Å². The Morgan fingerprint density at radius 3 is 2.45 bits per heavy atom. The number of nitrogens with one attached hydrogen (secondary N) is 1. The summed E-state index contributed by atoms with van der Waals surface area (Å²) in [5.74, 6) is -1.48. The highest BCUT2D eigenvalue weighted by atomic mass is 16.5. The summed E-state index contributed by atoms with van der Waals surface area (Å²) in [7, 11) is 0. The van der Waals surface area contributed by atoms with Gasteiger partial charge in [-0.1, -0.05) is 48.5 Å². The largest absolute Gasteiger partial charge is 0.452 e. The van der Waals surface area contributed by atoms with Crippen LogP contribution in [0.1, 0.15) is 28.9 Å². The fourth-order valence-electron chi connectivity index (χ4n) is 2.38. The van der Waals surface area contributed by atoms with Crippen molar-refractivity contribution in [2.45, 2.75) is 13.0 Å². The zero-order valence-electron chi connectivity index (χ0n) is 12.1. The maximum absolute atomic E-state index is 12.3. The first kappa shape index (κ1) is 14.1. The van der Waals surface area contributed by atoms with Crippen LogP contribution in [0.25, 0.3) is 10.9 Å². The van der Waals surface area contributed by atoms with E-state index in [0.29, 0.717) is 5.56 Å². The number of aromatic nitrogens is 1. The Kier molecular flexibility index (Phi) is 3.74. The lowest BCUT2D eigenvalue weighted by Gasteiger charge is -2.12. The molecule has 22 heavy (non-hydrogen) atoms. The van der Waals surface area contributed by atoms with Crippen LogP contribution >= 0.6 is 0 Å². The minimum Gasteiger partial charge on any atom is -0.452 e. The van der Waals surface area contributed by atoms with Crippen molar-refractivity contribution in [2.24, 2.45) is 0 Å². The molecule has 3 rings (SSSR count). The predicted octanol–water partition coefficient (Wildman–Crippen LogP) is 3.66. The van der Waals surface area contributed by atoms with E-state index in [0.717, 1.165) is 16.5 Å². The first-order chi connectivity index (χ1) is 10.7. The summed E-state index contributed by atoms with van der Waals surface area (Å²) in [5.41, 5.74) is 2.00. The second-order valence-electron chi connectivity index (χ2n) is 5.04. The minimum atomic E-state index is -0.846. The molecule has 0 saturated heterocycles. The lowest BCUT2D eigenvalue weighted by molar-refractivity contribution is -0.142. The number of Topliss-reactive ketones (excluding diaryl/α,β-unsaturated/α-hetero) is 1. The first-order valence-corrected chi connectivity index (χ1v) is 7.03. The molecule has 0 amide bonds. The smallest absolute Gasteiger partial charge is 0.380 e. The number of fused-ring (bicyclic) bond motifs is 1. The van der Waals surface area contributed by atoms with Gasteiger partial charge in [0.15, 0.2) is 0 Å². The van der Waals surface area contributed by atoms with Crippen LogP contribution in [0.5, 0.6) is 0 Å². The van der Waals surface area contributed by atoms with Gasteiger partial charge in [0.05, 0.1) is 5.56 Å². The van der Waals surface area contributed by atoms with Crippen molar-refractivity contribution >= 4 is 22.7 Å². The van der Waals surface area contributed by atoms with E-state index in [1.165, 1.54) is 0 Å². The van der Waals surface area contributed by atoms with E-state index in [-0.39, 0.29) is 0 Å². The number of aromatic amines is 1. The average Bonchev–Trinajstić information content (AvgIpc) is 2.99. The molecule has 1 atom stereocenters. The van der Waals surface area contributed by atoms with Crippen molar-refractivity contribution in [1.82, 2.24) is 4.98 Å². The molecule has 0 bridgehead atoms. The Balaban J connectivity index is 1.79. The maximum Gasteiger partial charge on any atom is 0.380 e. The number of hydrogen-bond acceptors (Lipinski definition) is 3. The predicted molar refractivity (Wildman–Crippen MR) is 83.6 cm³/mol. The summed E-state index contributed by atoms with van der Waals surface area (Å²) >= 11 is 0. The number of para-hydroxylation sites is 1. The molecule has 4 nitrogen and oxygen atoms in total. The van der Waals surface area contributed by atoms with Gasteiger partial charge in [0.25, 0.3) is 5.78 Å². The van der Waals surface area contributed by atoms with Gasteiger partial charge in [-0.15, -0.1) is 0 Å². The molecule has 0 aliphatic heterocycles. The molecule has 1 unspecified atom stereocenters. The fourth-order valence-corrected chi connectivity index (χ4v) is 2.38. The molecule has 110 valence electrons. The zero-order chi connectivity index (χ0) is 15.5. The number of ketones is 1. The molecule has 1 heterocycles. The van der Waals surface area contributed by atoms with Crippen LogP contribution in [0, 0.1) is 0 Å². The number of rotatable bonds is 4. The van der Waals surface area contributed by atoms with Crippen LogP contribution in [-0.2, 0) is 9.53 Å². The molecule has 0 fully saturated rings. The van der Waals surface area contributed by atoms with Gasteiger partial charge in [-0.3, -0.25) is 4.79 Å². The molecule has 2 aromatic carbocycles. The monoisotopic (exact) mass is 293 g/mol. The van der Waals surface area contributed by atoms with Gasteiger partial charge >= 0.3 is 5.97 Å². The minimum absolute atomic E-state index is 0.334. The molecule has 1 aromatic heterocycles. The number of carbonyl (C=O) groups is 2. The van der Waals surface area contributed by atoms with Crippen LogP contribution in [0.2, 0.25) is 0 Å².